The first kappa shape index (κ1) is 14.0. The van der Waals surface area contributed by atoms with E-state index in [2.05, 4.69) is 15.9 Å². The van der Waals surface area contributed by atoms with Gasteiger partial charge in [-0.05, 0) is 17.7 Å². The molecule has 0 heterocycles. The van der Waals surface area contributed by atoms with E-state index in [1.807, 2.05) is 0 Å². The van der Waals surface area contributed by atoms with Gasteiger partial charge in [-0.3, -0.25) is 4.79 Å². The average Bonchev–Trinajstić information content (AvgIpc) is 2.26. The summed E-state index contributed by atoms with van der Waals surface area (Å²) in [6.07, 6.45) is -4.37. The third-order valence-corrected chi connectivity index (χ3v) is 2.77. The zero-order valence-electron chi connectivity index (χ0n) is 9.09. The summed E-state index contributed by atoms with van der Waals surface area (Å²) in [7, 11) is 1.13. The fourth-order valence-corrected chi connectivity index (χ4v) is 1.67. The van der Waals surface area contributed by atoms with Gasteiger partial charge < -0.3 is 4.90 Å². The molecule has 0 aliphatic carbocycles. The number of amides is 1. The number of nitrogens with zero attached hydrogens (tertiary/aromatic N) is 1. The Kier molecular flexibility index (Phi) is 4.56. The molecule has 0 aromatic heterocycles. The van der Waals surface area contributed by atoms with Crippen LogP contribution in [0.15, 0.2) is 24.3 Å². The highest BCUT2D eigenvalue weighted by atomic mass is 79.9. The highest BCUT2D eigenvalue weighted by molar-refractivity contribution is 9.08. The number of benzene rings is 1. The van der Waals surface area contributed by atoms with Crippen molar-refractivity contribution in [2.45, 2.75) is 11.5 Å². The third-order valence-electron chi connectivity index (χ3n) is 2.12. The second kappa shape index (κ2) is 5.53. The predicted molar refractivity (Wildman–Crippen MR) is 62.1 cm³/mol. The van der Waals surface area contributed by atoms with Crippen molar-refractivity contribution in [1.29, 1.82) is 0 Å². The van der Waals surface area contributed by atoms with Crippen molar-refractivity contribution >= 4 is 21.8 Å². The second-order valence-electron chi connectivity index (χ2n) is 3.61. The Morgan fingerprint density at radius 1 is 1.29 bits per heavy atom. The molecule has 1 amide bonds. The van der Waals surface area contributed by atoms with E-state index in [1.165, 1.54) is 12.1 Å². The first-order valence-corrected chi connectivity index (χ1v) is 5.93. The molecule has 0 unspecified atom stereocenters. The van der Waals surface area contributed by atoms with Gasteiger partial charge in [0.2, 0.25) is 0 Å². The molecule has 1 aromatic rings. The minimum atomic E-state index is -4.37. The topological polar surface area (TPSA) is 20.3 Å². The fourth-order valence-electron chi connectivity index (χ4n) is 1.30. The van der Waals surface area contributed by atoms with Crippen LogP contribution >= 0.6 is 15.9 Å². The summed E-state index contributed by atoms with van der Waals surface area (Å²) in [4.78, 5) is 12.3. The molecule has 1 rings (SSSR count). The quantitative estimate of drug-likeness (QED) is 0.785. The van der Waals surface area contributed by atoms with Crippen LogP contribution in [-0.2, 0) is 5.33 Å². The number of alkyl halides is 4. The standard InChI is InChI=1S/C11H11BrF3NO/c1-16(7-11(13,14)15)10(17)9-4-2-8(6-12)3-5-9/h2-5H,6-7H2,1H3. The Hall–Kier alpha value is -1.04. The molecule has 17 heavy (non-hydrogen) atoms. The molecule has 0 aliphatic rings. The molecule has 1 aromatic carbocycles. The van der Waals surface area contributed by atoms with E-state index in [1.54, 1.807) is 12.1 Å². The third kappa shape index (κ3) is 4.38. The number of rotatable bonds is 3. The van der Waals surface area contributed by atoms with Crippen LogP contribution in [0, 0.1) is 0 Å². The lowest BCUT2D eigenvalue weighted by molar-refractivity contribution is -0.138. The molecular formula is C11H11BrF3NO. The molecule has 0 radical (unpaired) electrons. The first-order valence-electron chi connectivity index (χ1n) is 4.80. The molecule has 0 aliphatic heterocycles. The normalized spacial score (nSPS) is 11.4. The minimum absolute atomic E-state index is 0.251. The van der Waals surface area contributed by atoms with Crippen molar-refractivity contribution in [1.82, 2.24) is 4.90 Å². The Bertz CT molecular complexity index is 389. The lowest BCUT2D eigenvalue weighted by Gasteiger charge is -2.18. The van der Waals surface area contributed by atoms with Gasteiger partial charge in [-0.15, -0.1) is 0 Å². The summed E-state index contributed by atoms with van der Waals surface area (Å²) >= 11 is 3.24. The number of carbonyl (C=O) groups is 1. The number of carbonyl (C=O) groups excluding carboxylic acids is 1. The number of hydrogen-bond acceptors (Lipinski definition) is 1. The molecular weight excluding hydrogens is 299 g/mol. The average molecular weight is 310 g/mol. The predicted octanol–water partition coefficient (Wildman–Crippen LogP) is 3.22. The molecule has 0 spiro atoms. The van der Waals surface area contributed by atoms with Crippen molar-refractivity contribution in [2.24, 2.45) is 0 Å². The lowest BCUT2D eigenvalue weighted by Crippen LogP contribution is -2.35. The van der Waals surface area contributed by atoms with Crippen molar-refractivity contribution in [2.75, 3.05) is 13.6 Å². The Balaban J connectivity index is 2.75. The highest BCUT2D eigenvalue weighted by Crippen LogP contribution is 2.17. The van der Waals surface area contributed by atoms with Crippen LogP contribution in [0.5, 0.6) is 0 Å². The van der Waals surface area contributed by atoms with Gasteiger partial charge in [0.15, 0.2) is 0 Å². The molecule has 0 saturated heterocycles. The van der Waals surface area contributed by atoms with E-state index in [4.69, 9.17) is 0 Å². The molecule has 0 bridgehead atoms. The fraction of sp³-hybridized carbons (Fsp3) is 0.364. The summed E-state index contributed by atoms with van der Waals surface area (Å²) in [5, 5.41) is 0.639. The van der Waals surface area contributed by atoms with Crippen LogP contribution in [0.2, 0.25) is 0 Å². The smallest absolute Gasteiger partial charge is 0.333 e. The summed E-state index contributed by atoms with van der Waals surface area (Å²) in [6, 6.07) is 6.43. The Labute approximate surface area is 106 Å². The summed E-state index contributed by atoms with van der Waals surface area (Å²) in [6.45, 7) is -1.24. The zero-order chi connectivity index (χ0) is 13.1. The van der Waals surface area contributed by atoms with Crippen molar-refractivity contribution in [3.05, 3.63) is 35.4 Å². The van der Waals surface area contributed by atoms with E-state index >= 15 is 0 Å². The van der Waals surface area contributed by atoms with Crippen LogP contribution in [0.1, 0.15) is 15.9 Å². The van der Waals surface area contributed by atoms with Crippen LogP contribution in [0.3, 0.4) is 0 Å². The van der Waals surface area contributed by atoms with Gasteiger partial charge in [-0.2, -0.15) is 13.2 Å². The number of halogens is 4. The van der Waals surface area contributed by atoms with Gasteiger partial charge in [0.25, 0.3) is 5.91 Å². The zero-order valence-corrected chi connectivity index (χ0v) is 10.7. The van der Waals surface area contributed by atoms with Crippen LogP contribution < -0.4 is 0 Å². The molecule has 0 fully saturated rings. The highest BCUT2D eigenvalue weighted by Gasteiger charge is 2.31. The monoisotopic (exact) mass is 309 g/mol. The van der Waals surface area contributed by atoms with Gasteiger partial charge >= 0.3 is 6.18 Å². The SMILES string of the molecule is CN(CC(F)(F)F)C(=O)c1ccc(CBr)cc1. The maximum absolute atomic E-state index is 12.1. The van der Waals surface area contributed by atoms with Gasteiger partial charge in [-0.1, -0.05) is 28.1 Å². The van der Waals surface area contributed by atoms with Crippen LogP contribution in [0.25, 0.3) is 0 Å². The summed E-state index contributed by atoms with van der Waals surface area (Å²) < 4.78 is 36.3. The number of hydrogen-bond donors (Lipinski definition) is 0. The molecule has 6 heteroatoms. The van der Waals surface area contributed by atoms with Gasteiger partial charge in [-0.25, -0.2) is 0 Å². The largest absolute Gasteiger partial charge is 0.406 e. The minimum Gasteiger partial charge on any atom is -0.333 e. The van der Waals surface area contributed by atoms with E-state index in [0.29, 0.717) is 10.2 Å². The second-order valence-corrected chi connectivity index (χ2v) is 4.17. The van der Waals surface area contributed by atoms with Gasteiger partial charge in [0, 0.05) is 17.9 Å². The molecule has 0 atom stereocenters. The molecule has 2 nitrogen and oxygen atoms in total. The summed E-state index contributed by atoms with van der Waals surface area (Å²) in [5.74, 6) is -0.636. The molecule has 94 valence electrons. The van der Waals surface area contributed by atoms with E-state index < -0.39 is 18.6 Å². The van der Waals surface area contributed by atoms with Crippen molar-refractivity contribution in [3.63, 3.8) is 0 Å². The van der Waals surface area contributed by atoms with Gasteiger partial charge in [0.1, 0.15) is 6.54 Å². The van der Waals surface area contributed by atoms with Crippen LogP contribution in [0.4, 0.5) is 13.2 Å². The lowest BCUT2D eigenvalue weighted by atomic mass is 10.1. The Morgan fingerprint density at radius 2 is 1.82 bits per heavy atom. The van der Waals surface area contributed by atoms with E-state index in [-0.39, 0.29) is 5.56 Å². The van der Waals surface area contributed by atoms with Gasteiger partial charge in [0.05, 0.1) is 0 Å². The molecule has 0 saturated carbocycles. The Morgan fingerprint density at radius 3 is 2.24 bits per heavy atom. The van der Waals surface area contributed by atoms with E-state index in [0.717, 1.165) is 12.6 Å². The van der Waals surface area contributed by atoms with Crippen molar-refractivity contribution < 1.29 is 18.0 Å². The molecule has 0 N–H and O–H groups in total. The summed E-state index contributed by atoms with van der Waals surface area (Å²) in [5.41, 5.74) is 1.21. The first-order chi connectivity index (χ1) is 7.83. The van der Waals surface area contributed by atoms with E-state index in [9.17, 15) is 18.0 Å². The van der Waals surface area contributed by atoms with Crippen molar-refractivity contribution in [3.8, 4) is 0 Å². The maximum atomic E-state index is 12.1. The maximum Gasteiger partial charge on any atom is 0.406 e. The van der Waals surface area contributed by atoms with Crippen LogP contribution in [-0.4, -0.2) is 30.6 Å².